The van der Waals surface area contributed by atoms with Gasteiger partial charge in [-0.25, -0.2) is 4.98 Å². The van der Waals surface area contributed by atoms with Gasteiger partial charge in [-0.05, 0) is 26.7 Å². The zero-order valence-electron chi connectivity index (χ0n) is 10.9. The minimum absolute atomic E-state index is 0.0210. The van der Waals surface area contributed by atoms with Crippen LogP contribution >= 0.6 is 0 Å². The summed E-state index contributed by atoms with van der Waals surface area (Å²) in [5, 5.41) is 0. The summed E-state index contributed by atoms with van der Waals surface area (Å²) in [7, 11) is 0. The summed E-state index contributed by atoms with van der Waals surface area (Å²) < 4.78 is 1.67. The molecule has 1 aliphatic rings. The second-order valence-corrected chi connectivity index (χ2v) is 5.04. The first-order valence-electron chi connectivity index (χ1n) is 6.41. The van der Waals surface area contributed by atoms with Crippen molar-refractivity contribution < 1.29 is 4.79 Å². The van der Waals surface area contributed by atoms with E-state index in [0.717, 1.165) is 25.7 Å². The largest absolute Gasteiger partial charge is 0.351 e. The van der Waals surface area contributed by atoms with E-state index in [4.69, 9.17) is 0 Å². The molecule has 1 aliphatic heterocycles. The van der Waals surface area contributed by atoms with E-state index in [0.29, 0.717) is 12.4 Å². The van der Waals surface area contributed by atoms with Gasteiger partial charge in [0.2, 0.25) is 0 Å². The van der Waals surface area contributed by atoms with Crippen molar-refractivity contribution in [3.05, 3.63) is 22.7 Å². The van der Waals surface area contributed by atoms with Gasteiger partial charge in [0.25, 0.3) is 5.56 Å². The predicted molar refractivity (Wildman–Crippen MR) is 69.9 cm³/mol. The predicted octanol–water partition coefficient (Wildman–Crippen LogP) is 1.24. The third kappa shape index (κ3) is 2.44. The lowest BCUT2D eigenvalue weighted by molar-refractivity contribution is -0.111. The molecule has 5 heteroatoms. The quantitative estimate of drug-likeness (QED) is 0.756. The molecule has 2 heterocycles. The molecule has 18 heavy (non-hydrogen) atoms. The van der Waals surface area contributed by atoms with Gasteiger partial charge in [-0.3, -0.25) is 4.79 Å². The lowest BCUT2D eigenvalue weighted by Crippen LogP contribution is -2.41. The first-order valence-corrected chi connectivity index (χ1v) is 6.41. The van der Waals surface area contributed by atoms with Gasteiger partial charge in [0, 0.05) is 37.4 Å². The fraction of sp³-hybridized carbons (Fsp3) is 0.615. The highest BCUT2D eigenvalue weighted by Gasteiger charge is 2.22. The maximum atomic E-state index is 12.3. The van der Waals surface area contributed by atoms with Crippen LogP contribution in [0.5, 0.6) is 0 Å². The van der Waals surface area contributed by atoms with E-state index in [2.05, 4.69) is 4.98 Å². The van der Waals surface area contributed by atoms with E-state index < -0.39 is 0 Å². The molecule has 98 valence electrons. The fourth-order valence-corrected chi connectivity index (χ4v) is 2.35. The Morgan fingerprint density at radius 1 is 1.50 bits per heavy atom. The van der Waals surface area contributed by atoms with Crippen molar-refractivity contribution in [2.45, 2.75) is 32.7 Å². The van der Waals surface area contributed by atoms with Crippen molar-refractivity contribution in [1.29, 1.82) is 0 Å². The van der Waals surface area contributed by atoms with Crippen molar-refractivity contribution >= 4 is 12.1 Å². The Balaban J connectivity index is 2.30. The van der Waals surface area contributed by atoms with E-state index in [-0.39, 0.29) is 17.5 Å². The van der Waals surface area contributed by atoms with Crippen LogP contribution in [0.15, 0.2) is 17.2 Å². The molecule has 0 aliphatic carbocycles. The highest BCUT2D eigenvalue weighted by molar-refractivity contribution is 5.56. The molecular formula is C13H19N3O2. The van der Waals surface area contributed by atoms with Crippen molar-refractivity contribution in [3.8, 4) is 0 Å². The second-order valence-electron chi connectivity index (χ2n) is 5.04. The molecule has 0 spiro atoms. The number of hydrogen-bond donors (Lipinski definition) is 0. The van der Waals surface area contributed by atoms with E-state index in [1.54, 1.807) is 17.0 Å². The lowest BCUT2D eigenvalue weighted by Gasteiger charge is -2.30. The average Bonchev–Trinajstić information content (AvgIpc) is 2.38. The van der Waals surface area contributed by atoms with E-state index in [9.17, 15) is 9.59 Å². The zero-order valence-corrected chi connectivity index (χ0v) is 10.9. The van der Waals surface area contributed by atoms with Crippen LogP contribution in [0.3, 0.4) is 0 Å². The molecule has 1 aromatic heterocycles. The molecule has 1 atom stereocenters. The van der Waals surface area contributed by atoms with Gasteiger partial charge in [0.1, 0.15) is 6.29 Å². The molecule has 0 radical (unpaired) electrons. The van der Waals surface area contributed by atoms with Crippen LogP contribution in [0.25, 0.3) is 0 Å². The summed E-state index contributed by atoms with van der Waals surface area (Å²) >= 11 is 0. The van der Waals surface area contributed by atoms with Crippen molar-refractivity contribution in [2.75, 3.05) is 18.0 Å². The molecule has 5 nitrogen and oxygen atoms in total. The van der Waals surface area contributed by atoms with E-state index in [1.807, 2.05) is 18.7 Å². The summed E-state index contributed by atoms with van der Waals surface area (Å²) in [6.07, 6.45) is 6.18. The summed E-state index contributed by atoms with van der Waals surface area (Å²) in [5.74, 6) is 0.491. The van der Waals surface area contributed by atoms with Crippen molar-refractivity contribution in [1.82, 2.24) is 9.55 Å². The Hall–Kier alpha value is -1.65. The molecule has 2 rings (SSSR count). The molecule has 0 N–H and O–H groups in total. The maximum Gasteiger partial charge on any atom is 0.293 e. The Labute approximate surface area is 106 Å². The molecule has 0 bridgehead atoms. The molecule has 0 amide bonds. The smallest absolute Gasteiger partial charge is 0.293 e. The monoisotopic (exact) mass is 249 g/mol. The molecular weight excluding hydrogens is 230 g/mol. The SMILES string of the molecule is CC(C)n1ccnc(N2CCCC(C=O)C2)c1=O. The molecule has 1 aromatic rings. The topological polar surface area (TPSA) is 55.2 Å². The van der Waals surface area contributed by atoms with Crippen LogP contribution in [-0.4, -0.2) is 28.9 Å². The Bertz CT molecular complexity index is 481. The van der Waals surface area contributed by atoms with Crippen LogP contribution in [0.2, 0.25) is 0 Å². The van der Waals surface area contributed by atoms with Crippen LogP contribution in [0, 0.1) is 5.92 Å². The van der Waals surface area contributed by atoms with Gasteiger partial charge in [0.15, 0.2) is 5.82 Å². The highest BCUT2D eigenvalue weighted by atomic mass is 16.1. The number of nitrogens with zero attached hydrogens (tertiary/aromatic N) is 3. The van der Waals surface area contributed by atoms with Gasteiger partial charge < -0.3 is 14.3 Å². The summed E-state index contributed by atoms with van der Waals surface area (Å²) in [4.78, 5) is 29.3. The minimum Gasteiger partial charge on any atom is -0.351 e. The Morgan fingerprint density at radius 2 is 2.28 bits per heavy atom. The third-order valence-corrected chi connectivity index (χ3v) is 3.36. The number of piperidine rings is 1. The summed E-state index contributed by atoms with van der Waals surface area (Å²) in [6, 6.07) is 0.117. The summed E-state index contributed by atoms with van der Waals surface area (Å²) in [5.41, 5.74) is -0.0703. The first-order chi connectivity index (χ1) is 8.63. The van der Waals surface area contributed by atoms with Gasteiger partial charge in [-0.2, -0.15) is 0 Å². The third-order valence-electron chi connectivity index (χ3n) is 3.36. The van der Waals surface area contributed by atoms with Crippen LogP contribution in [0.1, 0.15) is 32.7 Å². The standard InChI is InChI=1S/C13H19N3O2/c1-10(2)16-7-5-14-12(13(16)18)15-6-3-4-11(8-15)9-17/h5,7,9-11H,3-4,6,8H2,1-2H3. The molecule has 1 fully saturated rings. The lowest BCUT2D eigenvalue weighted by atomic mass is 10.00. The van der Waals surface area contributed by atoms with Crippen LogP contribution in [0.4, 0.5) is 5.82 Å². The van der Waals surface area contributed by atoms with E-state index >= 15 is 0 Å². The number of aromatic nitrogens is 2. The van der Waals surface area contributed by atoms with Gasteiger partial charge >= 0.3 is 0 Å². The van der Waals surface area contributed by atoms with Crippen LogP contribution in [-0.2, 0) is 4.79 Å². The second kappa shape index (κ2) is 5.33. The van der Waals surface area contributed by atoms with Crippen molar-refractivity contribution in [2.24, 2.45) is 5.92 Å². The average molecular weight is 249 g/mol. The molecule has 0 saturated carbocycles. The number of carbonyl (C=O) groups is 1. The number of aldehydes is 1. The highest BCUT2D eigenvalue weighted by Crippen LogP contribution is 2.18. The maximum absolute atomic E-state index is 12.3. The number of rotatable bonds is 3. The van der Waals surface area contributed by atoms with Gasteiger partial charge in [0.05, 0.1) is 0 Å². The summed E-state index contributed by atoms with van der Waals surface area (Å²) in [6.45, 7) is 5.34. The molecule has 1 saturated heterocycles. The van der Waals surface area contributed by atoms with Crippen molar-refractivity contribution in [3.63, 3.8) is 0 Å². The van der Waals surface area contributed by atoms with Crippen LogP contribution < -0.4 is 10.5 Å². The Kier molecular flexibility index (Phi) is 3.79. The number of anilines is 1. The normalized spacial score (nSPS) is 20.2. The molecule has 1 unspecified atom stereocenters. The van der Waals surface area contributed by atoms with E-state index in [1.165, 1.54) is 0 Å². The zero-order chi connectivity index (χ0) is 13.1. The first kappa shape index (κ1) is 12.8. The van der Waals surface area contributed by atoms with Gasteiger partial charge in [-0.1, -0.05) is 0 Å². The number of carbonyl (C=O) groups excluding carboxylic acids is 1. The Morgan fingerprint density at radius 3 is 2.94 bits per heavy atom. The minimum atomic E-state index is -0.0703. The van der Waals surface area contributed by atoms with Gasteiger partial charge in [-0.15, -0.1) is 0 Å². The number of hydrogen-bond acceptors (Lipinski definition) is 4. The fourth-order valence-electron chi connectivity index (χ4n) is 2.35. The molecule has 0 aromatic carbocycles.